The zero-order valence-electron chi connectivity index (χ0n) is 10.9. The number of hydrogen-bond acceptors (Lipinski definition) is 4. The largest absolute Gasteiger partial charge is 0.373 e. The second-order valence-electron chi connectivity index (χ2n) is 4.12. The zero-order valence-corrected chi connectivity index (χ0v) is 11.7. The van der Waals surface area contributed by atoms with E-state index in [4.69, 9.17) is 0 Å². The van der Waals surface area contributed by atoms with Gasteiger partial charge in [0.1, 0.15) is 5.82 Å². The molecule has 0 saturated carbocycles. The predicted octanol–water partition coefficient (Wildman–Crippen LogP) is 1.01. The van der Waals surface area contributed by atoms with Crippen LogP contribution in [0.4, 0.5) is 5.82 Å². The van der Waals surface area contributed by atoms with Gasteiger partial charge in [-0.15, -0.1) is 0 Å². The number of nitrogens with one attached hydrogen (secondary N) is 2. The van der Waals surface area contributed by atoms with E-state index in [2.05, 4.69) is 15.6 Å². The average molecular weight is 269 g/mol. The number of pyridine rings is 1. The van der Waals surface area contributed by atoms with Crippen molar-refractivity contribution in [2.75, 3.05) is 24.4 Å². The SMILES string of the molecule is CNc1cc(C(=O)NC(C)CCS(C)=O)ccn1. The molecule has 1 aromatic heterocycles. The minimum Gasteiger partial charge on any atom is -0.373 e. The van der Waals surface area contributed by atoms with Crippen LogP contribution in [0.5, 0.6) is 0 Å². The lowest BCUT2D eigenvalue weighted by Crippen LogP contribution is -2.33. The Kier molecular flexibility index (Phi) is 5.77. The molecular weight excluding hydrogens is 250 g/mol. The van der Waals surface area contributed by atoms with Crippen molar-refractivity contribution >= 4 is 22.5 Å². The maximum atomic E-state index is 11.9. The quantitative estimate of drug-likeness (QED) is 0.808. The van der Waals surface area contributed by atoms with Gasteiger partial charge in [-0.05, 0) is 25.5 Å². The molecule has 0 aliphatic heterocycles. The molecule has 0 bridgehead atoms. The van der Waals surface area contributed by atoms with E-state index in [1.54, 1.807) is 31.6 Å². The van der Waals surface area contributed by atoms with Gasteiger partial charge in [0.25, 0.3) is 5.91 Å². The summed E-state index contributed by atoms with van der Waals surface area (Å²) in [7, 11) is 0.931. The summed E-state index contributed by atoms with van der Waals surface area (Å²) in [6, 6.07) is 3.37. The molecule has 1 rings (SSSR count). The third-order valence-electron chi connectivity index (χ3n) is 2.49. The molecule has 0 radical (unpaired) electrons. The fourth-order valence-electron chi connectivity index (χ4n) is 1.43. The molecule has 5 nitrogen and oxygen atoms in total. The first-order valence-electron chi connectivity index (χ1n) is 5.77. The summed E-state index contributed by atoms with van der Waals surface area (Å²) in [6.45, 7) is 1.91. The van der Waals surface area contributed by atoms with Crippen LogP contribution in [0.3, 0.4) is 0 Å². The molecule has 100 valence electrons. The number of anilines is 1. The molecule has 1 amide bonds. The van der Waals surface area contributed by atoms with Gasteiger partial charge >= 0.3 is 0 Å². The van der Waals surface area contributed by atoms with Crippen LogP contribution in [0.2, 0.25) is 0 Å². The Balaban J connectivity index is 2.56. The van der Waals surface area contributed by atoms with E-state index in [-0.39, 0.29) is 11.9 Å². The van der Waals surface area contributed by atoms with Crippen molar-refractivity contribution in [2.45, 2.75) is 19.4 Å². The lowest BCUT2D eigenvalue weighted by molar-refractivity contribution is 0.0939. The van der Waals surface area contributed by atoms with Crippen LogP contribution < -0.4 is 10.6 Å². The molecule has 2 atom stereocenters. The fourth-order valence-corrected chi connectivity index (χ4v) is 2.12. The number of carbonyl (C=O) groups is 1. The second kappa shape index (κ2) is 7.10. The molecule has 0 fully saturated rings. The standard InChI is InChI=1S/C12H19N3O2S/c1-9(5-7-18(3)17)15-12(16)10-4-6-14-11(8-10)13-2/h4,6,8-9H,5,7H2,1-3H3,(H,13,14)(H,15,16). The highest BCUT2D eigenvalue weighted by Gasteiger charge is 2.10. The van der Waals surface area contributed by atoms with Gasteiger partial charge in [0.15, 0.2) is 0 Å². The Morgan fingerprint density at radius 1 is 1.56 bits per heavy atom. The molecule has 6 heteroatoms. The Morgan fingerprint density at radius 3 is 2.89 bits per heavy atom. The maximum Gasteiger partial charge on any atom is 0.251 e. The molecule has 2 unspecified atom stereocenters. The van der Waals surface area contributed by atoms with Gasteiger partial charge in [-0.2, -0.15) is 0 Å². The van der Waals surface area contributed by atoms with Gasteiger partial charge in [0.05, 0.1) is 0 Å². The van der Waals surface area contributed by atoms with Crippen molar-refractivity contribution in [3.05, 3.63) is 23.9 Å². The van der Waals surface area contributed by atoms with E-state index in [9.17, 15) is 9.00 Å². The Morgan fingerprint density at radius 2 is 2.28 bits per heavy atom. The summed E-state index contributed by atoms with van der Waals surface area (Å²) < 4.78 is 11.0. The molecule has 0 aromatic carbocycles. The Bertz CT molecular complexity index is 437. The van der Waals surface area contributed by atoms with E-state index >= 15 is 0 Å². The van der Waals surface area contributed by atoms with Crippen molar-refractivity contribution in [3.8, 4) is 0 Å². The third-order valence-corrected chi connectivity index (χ3v) is 3.30. The van der Waals surface area contributed by atoms with Crippen LogP contribution in [0.15, 0.2) is 18.3 Å². The van der Waals surface area contributed by atoms with Gasteiger partial charge in [-0.1, -0.05) is 0 Å². The second-order valence-corrected chi connectivity index (χ2v) is 5.67. The first-order valence-corrected chi connectivity index (χ1v) is 7.50. The summed E-state index contributed by atoms with van der Waals surface area (Å²) in [4.78, 5) is 16.0. The summed E-state index contributed by atoms with van der Waals surface area (Å²) in [6.07, 6.45) is 3.96. The van der Waals surface area contributed by atoms with E-state index in [1.807, 2.05) is 6.92 Å². The topological polar surface area (TPSA) is 71.1 Å². The fraction of sp³-hybridized carbons (Fsp3) is 0.500. The Labute approximate surface area is 110 Å². The number of nitrogens with zero attached hydrogens (tertiary/aromatic N) is 1. The summed E-state index contributed by atoms with van der Waals surface area (Å²) in [5.74, 6) is 1.12. The van der Waals surface area contributed by atoms with Crippen LogP contribution in [0, 0.1) is 0 Å². The summed E-state index contributed by atoms with van der Waals surface area (Å²) in [5, 5.41) is 5.76. The molecule has 2 N–H and O–H groups in total. The van der Waals surface area contributed by atoms with Crippen LogP contribution >= 0.6 is 0 Å². The average Bonchev–Trinajstić information content (AvgIpc) is 2.36. The maximum absolute atomic E-state index is 11.9. The smallest absolute Gasteiger partial charge is 0.251 e. The molecule has 0 spiro atoms. The number of aromatic nitrogens is 1. The first kappa shape index (κ1) is 14.6. The third kappa shape index (κ3) is 4.83. The molecule has 0 saturated heterocycles. The van der Waals surface area contributed by atoms with Crippen molar-refractivity contribution in [1.29, 1.82) is 0 Å². The van der Waals surface area contributed by atoms with Crippen molar-refractivity contribution in [2.24, 2.45) is 0 Å². The number of carbonyl (C=O) groups excluding carboxylic acids is 1. The van der Waals surface area contributed by atoms with E-state index in [0.717, 1.165) is 0 Å². The molecule has 1 heterocycles. The van der Waals surface area contributed by atoms with Gasteiger partial charge in [0, 0.05) is 47.7 Å². The van der Waals surface area contributed by atoms with Crippen LogP contribution in [0.1, 0.15) is 23.7 Å². The van der Waals surface area contributed by atoms with Crippen molar-refractivity contribution in [1.82, 2.24) is 10.3 Å². The van der Waals surface area contributed by atoms with Crippen LogP contribution in [-0.4, -0.2) is 40.2 Å². The number of hydrogen-bond donors (Lipinski definition) is 2. The van der Waals surface area contributed by atoms with E-state index in [1.165, 1.54) is 0 Å². The van der Waals surface area contributed by atoms with Crippen LogP contribution in [0.25, 0.3) is 0 Å². The highest BCUT2D eigenvalue weighted by Crippen LogP contribution is 2.06. The highest BCUT2D eigenvalue weighted by molar-refractivity contribution is 7.84. The van der Waals surface area contributed by atoms with Crippen LogP contribution in [-0.2, 0) is 10.8 Å². The van der Waals surface area contributed by atoms with Gasteiger partial charge in [-0.25, -0.2) is 4.98 Å². The summed E-state index contributed by atoms with van der Waals surface area (Å²) in [5.41, 5.74) is 0.568. The minimum absolute atomic E-state index is 0.00704. The normalized spacial score (nSPS) is 13.7. The zero-order chi connectivity index (χ0) is 13.5. The van der Waals surface area contributed by atoms with E-state index < -0.39 is 10.8 Å². The number of rotatable bonds is 6. The predicted molar refractivity (Wildman–Crippen MR) is 74.3 cm³/mol. The molecule has 0 aliphatic carbocycles. The van der Waals surface area contributed by atoms with Crippen molar-refractivity contribution < 1.29 is 9.00 Å². The number of amides is 1. The van der Waals surface area contributed by atoms with Gasteiger partial charge in [0.2, 0.25) is 0 Å². The molecule has 0 aliphatic rings. The molecule has 18 heavy (non-hydrogen) atoms. The minimum atomic E-state index is -0.822. The van der Waals surface area contributed by atoms with Gasteiger partial charge in [-0.3, -0.25) is 9.00 Å². The molecular formula is C12H19N3O2S. The lowest BCUT2D eigenvalue weighted by Gasteiger charge is -2.13. The first-order chi connectivity index (χ1) is 8.52. The van der Waals surface area contributed by atoms with Gasteiger partial charge < -0.3 is 10.6 Å². The lowest BCUT2D eigenvalue weighted by atomic mass is 10.2. The van der Waals surface area contributed by atoms with Crippen molar-refractivity contribution in [3.63, 3.8) is 0 Å². The Hall–Kier alpha value is -1.43. The van der Waals surface area contributed by atoms with E-state index in [0.29, 0.717) is 23.6 Å². The molecule has 1 aromatic rings. The highest BCUT2D eigenvalue weighted by atomic mass is 32.2. The summed E-state index contributed by atoms with van der Waals surface area (Å²) >= 11 is 0. The monoisotopic (exact) mass is 269 g/mol.